The van der Waals surface area contributed by atoms with Crippen LogP contribution in [0.3, 0.4) is 0 Å². The molecular weight excluding hydrogens is 492 g/mol. The van der Waals surface area contributed by atoms with Crippen LogP contribution in [0.5, 0.6) is 0 Å². The predicted molar refractivity (Wildman–Crippen MR) is 138 cm³/mol. The van der Waals surface area contributed by atoms with Crippen molar-refractivity contribution in [3.05, 3.63) is 65.7 Å². The Kier molecular flexibility index (Phi) is 10.3. The Labute approximate surface area is 207 Å². The first-order valence-electron chi connectivity index (χ1n) is 9.81. The van der Waals surface area contributed by atoms with Crippen molar-refractivity contribution in [3.8, 4) is 0 Å². The summed E-state index contributed by atoms with van der Waals surface area (Å²) in [6.07, 6.45) is 0. The molecule has 3 rings (SSSR count). The molecular formula is C22H28N6O7S. The Hall–Kier alpha value is -4.69. The SMILES string of the molecule is COC(=O)c1cccc(N)c1.COC(=O)c1cccc(N)c1.Nc1cc(S(=O)(=O)O)c(N)c(N)c1N. The Morgan fingerprint density at radius 2 is 1.11 bits per heavy atom. The quantitative estimate of drug-likeness (QED) is 0.146. The maximum Gasteiger partial charge on any atom is 0.337 e. The largest absolute Gasteiger partial charge is 0.465 e. The average Bonchev–Trinajstić information content (AvgIpc) is 2.84. The second-order valence-electron chi connectivity index (χ2n) is 6.91. The topological polar surface area (TPSA) is 263 Å². The van der Waals surface area contributed by atoms with Gasteiger partial charge in [0.15, 0.2) is 0 Å². The van der Waals surface area contributed by atoms with Gasteiger partial charge < -0.3 is 43.9 Å². The van der Waals surface area contributed by atoms with Crippen LogP contribution in [0.4, 0.5) is 34.1 Å². The minimum Gasteiger partial charge on any atom is -0.465 e. The summed E-state index contributed by atoms with van der Waals surface area (Å²) < 4.78 is 39.3. The van der Waals surface area contributed by atoms with E-state index in [1.54, 1.807) is 48.5 Å². The van der Waals surface area contributed by atoms with E-state index in [0.717, 1.165) is 6.07 Å². The van der Waals surface area contributed by atoms with Crippen LogP contribution in [0.1, 0.15) is 20.7 Å². The smallest absolute Gasteiger partial charge is 0.337 e. The van der Waals surface area contributed by atoms with Gasteiger partial charge in [-0.15, -0.1) is 0 Å². The number of hydrogen-bond donors (Lipinski definition) is 7. The molecule has 0 saturated heterocycles. The fourth-order valence-corrected chi connectivity index (χ4v) is 3.17. The highest BCUT2D eigenvalue weighted by atomic mass is 32.2. The van der Waals surface area contributed by atoms with Crippen molar-refractivity contribution < 1.29 is 32.0 Å². The zero-order chi connectivity index (χ0) is 27.6. The molecule has 14 heteroatoms. The third-order valence-electron chi connectivity index (χ3n) is 4.34. The van der Waals surface area contributed by atoms with E-state index in [1.165, 1.54) is 14.2 Å². The third-order valence-corrected chi connectivity index (χ3v) is 5.23. The van der Waals surface area contributed by atoms with Crippen molar-refractivity contribution in [1.29, 1.82) is 0 Å². The van der Waals surface area contributed by atoms with Gasteiger partial charge in [0.1, 0.15) is 4.90 Å². The fraction of sp³-hybridized carbons (Fsp3) is 0.0909. The molecule has 0 saturated carbocycles. The number of carbonyl (C=O) groups is 2. The highest BCUT2D eigenvalue weighted by molar-refractivity contribution is 7.86. The van der Waals surface area contributed by atoms with E-state index in [-0.39, 0.29) is 34.7 Å². The van der Waals surface area contributed by atoms with Crippen LogP contribution in [-0.4, -0.2) is 39.1 Å². The highest BCUT2D eigenvalue weighted by Gasteiger charge is 2.19. The number of ether oxygens (including phenoxy) is 2. The summed E-state index contributed by atoms with van der Waals surface area (Å²) in [5.74, 6) is -0.727. The van der Waals surface area contributed by atoms with Crippen molar-refractivity contribution in [2.75, 3.05) is 48.6 Å². The highest BCUT2D eigenvalue weighted by Crippen LogP contribution is 2.34. The molecule has 0 radical (unpaired) electrons. The van der Waals surface area contributed by atoms with Gasteiger partial charge in [0.2, 0.25) is 0 Å². The van der Waals surface area contributed by atoms with Gasteiger partial charge in [-0.3, -0.25) is 4.55 Å². The lowest BCUT2D eigenvalue weighted by Gasteiger charge is -2.10. The van der Waals surface area contributed by atoms with E-state index in [2.05, 4.69) is 9.47 Å². The first-order chi connectivity index (χ1) is 16.7. The molecule has 0 aliphatic heterocycles. The third kappa shape index (κ3) is 8.27. The summed E-state index contributed by atoms with van der Waals surface area (Å²) in [4.78, 5) is 21.2. The van der Waals surface area contributed by atoms with Crippen LogP contribution in [0, 0.1) is 0 Å². The summed E-state index contributed by atoms with van der Waals surface area (Å²) >= 11 is 0. The van der Waals surface area contributed by atoms with E-state index in [1.807, 2.05) is 0 Å². The van der Waals surface area contributed by atoms with Crippen LogP contribution in [-0.2, 0) is 19.6 Å². The Morgan fingerprint density at radius 3 is 1.44 bits per heavy atom. The summed E-state index contributed by atoms with van der Waals surface area (Å²) in [6.45, 7) is 0. The van der Waals surface area contributed by atoms with E-state index in [0.29, 0.717) is 22.5 Å². The van der Waals surface area contributed by atoms with Gasteiger partial charge in [0.25, 0.3) is 10.1 Å². The van der Waals surface area contributed by atoms with Crippen molar-refractivity contribution in [1.82, 2.24) is 0 Å². The summed E-state index contributed by atoms with van der Waals surface area (Å²) in [5, 5.41) is 0. The lowest BCUT2D eigenvalue weighted by atomic mass is 10.2. The van der Waals surface area contributed by atoms with Gasteiger partial charge in [-0.25, -0.2) is 9.59 Å². The molecule has 3 aromatic carbocycles. The predicted octanol–water partition coefficient (Wildman–Crippen LogP) is 1.37. The minimum atomic E-state index is -4.44. The number of nitrogen functional groups attached to an aromatic ring is 6. The molecule has 13 N–H and O–H groups in total. The van der Waals surface area contributed by atoms with Crippen molar-refractivity contribution in [2.24, 2.45) is 0 Å². The van der Waals surface area contributed by atoms with E-state index < -0.39 is 15.0 Å². The number of methoxy groups -OCH3 is 2. The second-order valence-corrected chi connectivity index (χ2v) is 8.30. The Morgan fingerprint density at radius 1 is 0.694 bits per heavy atom. The first-order valence-corrected chi connectivity index (χ1v) is 11.2. The fourth-order valence-electron chi connectivity index (χ4n) is 2.51. The van der Waals surface area contributed by atoms with E-state index >= 15 is 0 Å². The lowest BCUT2D eigenvalue weighted by Crippen LogP contribution is -2.10. The normalized spacial score (nSPS) is 10.1. The first kappa shape index (κ1) is 29.3. The van der Waals surface area contributed by atoms with Gasteiger partial charge in [-0.1, -0.05) is 12.1 Å². The van der Waals surface area contributed by atoms with Gasteiger partial charge >= 0.3 is 11.9 Å². The minimum absolute atomic E-state index is 0.00472. The summed E-state index contributed by atoms with van der Waals surface area (Å²) in [7, 11) is -1.76. The zero-order valence-electron chi connectivity index (χ0n) is 19.5. The molecule has 0 spiro atoms. The summed E-state index contributed by atoms with van der Waals surface area (Å²) in [6, 6.07) is 14.3. The second kappa shape index (κ2) is 12.7. The maximum atomic E-state index is 10.9. The Balaban J connectivity index is 0.000000273. The molecule has 194 valence electrons. The van der Waals surface area contributed by atoms with Crippen molar-refractivity contribution >= 4 is 56.2 Å². The molecule has 0 aliphatic rings. The number of hydrogen-bond acceptors (Lipinski definition) is 12. The molecule has 0 aliphatic carbocycles. The van der Waals surface area contributed by atoms with Gasteiger partial charge in [-0.05, 0) is 42.5 Å². The van der Waals surface area contributed by atoms with Crippen LogP contribution in [0.15, 0.2) is 59.5 Å². The standard InChI is InChI=1S/2C8H9NO2.C6H10N4O3S/c2*1-11-8(10)6-3-2-4-7(9)5-6;7-2-1-3(14(11,12)13)5(9)6(10)4(2)8/h2*2-5H,9H2,1H3;1H,7-10H2,(H,11,12,13). The molecule has 0 bridgehead atoms. The monoisotopic (exact) mass is 520 g/mol. The molecule has 0 amide bonds. The number of rotatable bonds is 3. The van der Waals surface area contributed by atoms with Gasteiger partial charge in [-0.2, -0.15) is 8.42 Å². The molecule has 0 heterocycles. The number of esters is 2. The molecule has 3 aromatic rings. The average molecular weight is 521 g/mol. The zero-order valence-corrected chi connectivity index (χ0v) is 20.3. The van der Waals surface area contributed by atoms with E-state index in [9.17, 15) is 18.0 Å². The molecule has 0 unspecified atom stereocenters. The van der Waals surface area contributed by atoms with Crippen molar-refractivity contribution in [2.45, 2.75) is 4.90 Å². The van der Waals surface area contributed by atoms with Crippen LogP contribution < -0.4 is 34.4 Å². The van der Waals surface area contributed by atoms with Crippen LogP contribution >= 0.6 is 0 Å². The lowest BCUT2D eigenvalue weighted by molar-refractivity contribution is 0.0592. The molecule has 13 nitrogen and oxygen atoms in total. The number of nitrogens with two attached hydrogens (primary N) is 6. The van der Waals surface area contributed by atoms with Gasteiger partial charge in [0.05, 0.1) is 48.1 Å². The van der Waals surface area contributed by atoms with Gasteiger partial charge in [0, 0.05) is 11.4 Å². The number of anilines is 6. The Bertz CT molecular complexity index is 1290. The summed E-state index contributed by atoms with van der Waals surface area (Å²) in [5.41, 5.74) is 33.9. The molecule has 0 aromatic heterocycles. The molecule has 36 heavy (non-hydrogen) atoms. The van der Waals surface area contributed by atoms with Crippen LogP contribution in [0.2, 0.25) is 0 Å². The van der Waals surface area contributed by atoms with E-state index in [4.69, 9.17) is 39.0 Å². The number of carbonyl (C=O) groups excluding carboxylic acids is 2. The maximum absolute atomic E-state index is 10.9. The number of benzene rings is 3. The molecule has 0 fully saturated rings. The molecule has 0 atom stereocenters. The van der Waals surface area contributed by atoms with Crippen molar-refractivity contribution in [3.63, 3.8) is 0 Å². The van der Waals surface area contributed by atoms with Crippen LogP contribution in [0.25, 0.3) is 0 Å².